The summed E-state index contributed by atoms with van der Waals surface area (Å²) in [6, 6.07) is 9.57. The molecule has 0 aliphatic rings. The molecule has 0 aliphatic heterocycles. The minimum atomic E-state index is -4.63. The SMILES string of the molecule is CS(=O)(=O)c1cc(OCCCN(Cc2cccc(C(F)(F)F)c2)CC(F)(F)c2ccc(F)cc2)cc(F)c1C=O. The van der Waals surface area contributed by atoms with Gasteiger partial charge < -0.3 is 4.74 Å². The van der Waals surface area contributed by atoms with Crippen molar-refractivity contribution in [2.24, 2.45) is 0 Å². The second-order valence-electron chi connectivity index (χ2n) is 9.03. The molecular weight excluding hydrogens is 567 g/mol. The molecule has 0 saturated heterocycles. The Morgan fingerprint density at radius 3 is 2.20 bits per heavy atom. The molecule has 3 rings (SSSR count). The van der Waals surface area contributed by atoms with Gasteiger partial charge in [0.25, 0.3) is 5.92 Å². The highest BCUT2D eigenvalue weighted by Crippen LogP contribution is 2.32. The Bertz CT molecular complexity index is 1440. The molecule has 0 radical (unpaired) electrons. The van der Waals surface area contributed by atoms with Crippen molar-refractivity contribution in [1.29, 1.82) is 0 Å². The van der Waals surface area contributed by atoms with Gasteiger partial charge in [0.2, 0.25) is 0 Å². The molecule has 0 aliphatic carbocycles. The molecule has 0 bridgehead atoms. The van der Waals surface area contributed by atoms with Crippen LogP contribution in [0, 0.1) is 11.6 Å². The molecule has 13 heteroatoms. The van der Waals surface area contributed by atoms with Gasteiger partial charge in [-0.25, -0.2) is 17.2 Å². The molecule has 0 N–H and O–H groups in total. The first-order chi connectivity index (χ1) is 18.6. The summed E-state index contributed by atoms with van der Waals surface area (Å²) in [5, 5.41) is 0. The number of rotatable bonds is 12. The Morgan fingerprint density at radius 2 is 1.60 bits per heavy atom. The molecule has 216 valence electrons. The summed E-state index contributed by atoms with van der Waals surface area (Å²) >= 11 is 0. The molecule has 0 fully saturated rings. The first kappa shape index (κ1) is 31.1. The summed E-state index contributed by atoms with van der Waals surface area (Å²) < 4.78 is 126. The van der Waals surface area contributed by atoms with Crippen molar-refractivity contribution in [3.05, 3.63) is 94.6 Å². The maximum Gasteiger partial charge on any atom is 0.416 e. The van der Waals surface area contributed by atoms with Crippen LogP contribution in [0.1, 0.15) is 33.5 Å². The Hall–Kier alpha value is -3.45. The van der Waals surface area contributed by atoms with E-state index in [1.54, 1.807) is 0 Å². The quantitative estimate of drug-likeness (QED) is 0.141. The van der Waals surface area contributed by atoms with Crippen molar-refractivity contribution in [3.8, 4) is 5.75 Å². The normalized spacial score (nSPS) is 12.5. The van der Waals surface area contributed by atoms with Gasteiger partial charge in [0.05, 0.1) is 29.2 Å². The largest absolute Gasteiger partial charge is 0.493 e. The highest BCUT2D eigenvalue weighted by atomic mass is 32.2. The Morgan fingerprint density at radius 1 is 0.925 bits per heavy atom. The van der Waals surface area contributed by atoms with E-state index in [0.29, 0.717) is 0 Å². The van der Waals surface area contributed by atoms with Crippen molar-refractivity contribution in [3.63, 3.8) is 0 Å². The van der Waals surface area contributed by atoms with Gasteiger partial charge in [-0.05, 0) is 36.2 Å². The summed E-state index contributed by atoms with van der Waals surface area (Å²) in [4.78, 5) is 11.7. The van der Waals surface area contributed by atoms with Gasteiger partial charge in [-0.3, -0.25) is 9.69 Å². The monoisotopic (exact) mass is 591 g/mol. The van der Waals surface area contributed by atoms with Crippen LogP contribution in [0.15, 0.2) is 65.6 Å². The van der Waals surface area contributed by atoms with E-state index in [2.05, 4.69) is 0 Å². The van der Waals surface area contributed by atoms with Crippen molar-refractivity contribution in [2.75, 3.05) is 26.0 Å². The number of hydrogen-bond donors (Lipinski definition) is 0. The minimum absolute atomic E-state index is 0.0315. The van der Waals surface area contributed by atoms with Crippen LogP contribution < -0.4 is 4.74 Å². The molecule has 0 amide bonds. The van der Waals surface area contributed by atoms with E-state index in [4.69, 9.17) is 4.74 Å². The van der Waals surface area contributed by atoms with E-state index in [9.17, 15) is 35.2 Å². The summed E-state index contributed by atoms with van der Waals surface area (Å²) in [6.45, 7) is -1.53. The fourth-order valence-corrected chi connectivity index (χ4v) is 4.81. The number of hydrogen-bond acceptors (Lipinski definition) is 5. The zero-order valence-electron chi connectivity index (χ0n) is 21.0. The van der Waals surface area contributed by atoms with E-state index < -0.39 is 61.7 Å². The molecule has 0 spiro atoms. The number of aldehydes is 1. The first-order valence-electron chi connectivity index (χ1n) is 11.7. The minimum Gasteiger partial charge on any atom is -0.493 e. The fraction of sp³-hybridized carbons (Fsp3) is 0.296. The number of sulfone groups is 1. The second kappa shape index (κ2) is 12.4. The number of ether oxygens (including phenoxy) is 1. The van der Waals surface area contributed by atoms with Crippen LogP contribution in [0.2, 0.25) is 0 Å². The summed E-state index contributed by atoms with van der Waals surface area (Å²) in [7, 11) is -3.98. The van der Waals surface area contributed by atoms with Crippen LogP contribution in [0.4, 0.5) is 30.7 Å². The van der Waals surface area contributed by atoms with Crippen molar-refractivity contribution >= 4 is 16.1 Å². The molecule has 3 aromatic carbocycles. The number of alkyl halides is 5. The highest BCUT2D eigenvalue weighted by Gasteiger charge is 2.35. The number of carbonyl (C=O) groups excluding carboxylic acids is 1. The molecule has 3 aromatic rings. The zero-order chi connectivity index (χ0) is 29.7. The van der Waals surface area contributed by atoms with Crippen molar-refractivity contribution < 1.29 is 48.7 Å². The molecule has 0 saturated carbocycles. The lowest BCUT2D eigenvalue weighted by atomic mass is 10.1. The number of carbonyl (C=O) groups is 1. The molecule has 40 heavy (non-hydrogen) atoms. The average molecular weight is 592 g/mol. The van der Waals surface area contributed by atoms with E-state index in [0.717, 1.165) is 60.9 Å². The number of halogens is 7. The van der Waals surface area contributed by atoms with E-state index >= 15 is 8.78 Å². The van der Waals surface area contributed by atoms with Crippen LogP contribution >= 0.6 is 0 Å². The third-order valence-electron chi connectivity index (χ3n) is 5.82. The predicted molar refractivity (Wildman–Crippen MR) is 132 cm³/mol. The van der Waals surface area contributed by atoms with E-state index in [-0.39, 0.29) is 43.7 Å². The van der Waals surface area contributed by atoms with Gasteiger partial charge in [-0.2, -0.15) is 22.0 Å². The second-order valence-corrected chi connectivity index (χ2v) is 11.0. The maximum atomic E-state index is 15.1. The van der Waals surface area contributed by atoms with Crippen LogP contribution in [-0.2, 0) is 28.5 Å². The van der Waals surface area contributed by atoms with Gasteiger partial charge in [0, 0.05) is 31.0 Å². The molecule has 0 unspecified atom stereocenters. The molecule has 0 heterocycles. The topological polar surface area (TPSA) is 63.7 Å². The van der Waals surface area contributed by atoms with Crippen LogP contribution in [0.25, 0.3) is 0 Å². The summed E-state index contributed by atoms with van der Waals surface area (Å²) in [5.41, 5.74) is -1.97. The molecular formula is C27H24F7NO4S. The van der Waals surface area contributed by atoms with Gasteiger partial charge in [-0.1, -0.05) is 30.3 Å². The van der Waals surface area contributed by atoms with Crippen LogP contribution in [0.3, 0.4) is 0 Å². The lowest BCUT2D eigenvalue weighted by Gasteiger charge is -2.28. The zero-order valence-corrected chi connectivity index (χ0v) is 21.8. The van der Waals surface area contributed by atoms with Gasteiger partial charge >= 0.3 is 6.18 Å². The Kier molecular flexibility index (Phi) is 9.62. The summed E-state index contributed by atoms with van der Waals surface area (Å²) in [6.07, 6.45) is -3.76. The van der Waals surface area contributed by atoms with Crippen LogP contribution in [0.5, 0.6) is 5.75 Å². The van der Waals surface area contributed by atoms with E-state index in [1.165, 1.54) is 11.0 Å². The third kappa shape index (κ3) is 8.28. The predicted octanol–water partition coefficient (Wildman–Crippen LogP) is 6.26. The van der Waals surface area contributed by atoms with Crippen molar-refractivity contribution in [1.82, 2.24) is 4.90 Å². The average Bonchev–Trinajstić information content (AvgIpc) is 2.85. The standard InChI is InChI=1S/C27H24F7NO4S/c1-40(37,38)25-14-22(13-24(29)23(25)16-36)39-11-3-10-35(15-18-4-2-5-20(12-18)27(32,33)34)17-26(30,31)19-6-8-21(28)9-7-19/h2,4-9,12-14,16H,3,10-11,15,17H2,1H3. The number of benzene rings is 3. The fourth-order valence-electron chi connectivity index (χ4n) is 3.94. The first-order valence-corrected chi connectivity index (χ1v) is 13.6. The van der Waals surface area contributed by atoms with Gasteiger partial charge in [0.15, 0.2) is 16.1 Å². The summed E-state index contributed by atoms with van der Waals surface area (Å²) in [5.74, 6) is -5.55. The van der Waals surface area contributed by atoms with E-state index in [1.807, 2.05) is 0 Å². The Labute approximate surface area is 226 Å². The molecule has 5 nitrogen and oxygen atoms in total. The third-order valence-corrected chi connectivity index (χ3v) is 6.96. The molecule has 0 aromatic heterocycles. The maximum absolute atomic E-state index is 15.1. The lowest BCUT2D eigenvalue weighted by molar-refractivity contribution is -0.137. The lowest BCUT2D eigenvalue weighted by Crippen LogP contribution is -2.36. The van der Waals surface area contributed by atoms with Crippen molar-refractivity contribution in [2.45, 2.75) is 30.0 Å². The van der Waals surface area contributed by atoms with Gasteiger partial charge in [-0.15, -0.1) is 0 Å². The van der Waals surface area contributed by atoms with Gasteiger partial charge in [0.1, 0.15) is 17.4 Å². The number of nitrogens with zero attached hydrogens (tertiary/aromatic N) is 1. The Balaban J connectivity index is 1.77. The smallest absolute Gasteiger partial charge is 0.416 e. The van der Waals surface area contributed by atoms with Crippen LogP contribution in [-0.4, -0.2) is 45.6 Å². The highest BCUT2D eigenvalue weighted by molar-refractivity contribution is 7.90. The molecule has 0 atom stereocenters.